The second-order valence-electron chi connectivity index (χ2n) is 7.05. The van der Waals surface area contributed by atoms with E-state index in [1.165, 1.54) is 5.69 Å². The zero-order valence-corrected chi connectivity index (χ0v) is 15.6. The number of benzene rings is 2. The molecule has 27 heavy (non-hydrogen) atoms. The van der Waals surface area contributed by atoms with Gasteiger partial charge in [0.05, 0.1) is 11.9 Å². The molecule has 0 saturated carbocycles. The number of rotatable bonds is 4. The standard InChI is InChI=1S/C22H24N4O/c1-25-12-14-26(15-13-25)20-9-7-19(8-10-20)24-21(27)16-18-5-2-4-17-6-3-11-23-22(17)18/h2-11H,12-16H2,1H3,(H,24,27). The molecule has 0 unspecified atom stereocenters. The van der Waals surface area contributed by atoms with Crippen molar-refractivity contribution in [1.82, 2.24) is 9.88 Å². The average molecular weight is 360 g/mol. The third-order valence-electron chi connectivity index (χ3n) is 5.09. The van der Waals surface area contributed by atoms with E-state index >= 15 is 0 Å². The number of likely N-dealkylation sites (N-methyl/N-ethyl adjacent to an activating group) is 1. The topological polar surface area (TPSA) is 48.5 Å². The van der Waals surface area contributed by atoms with Gasteiger partial charge in [-0.05, 0) is 42.9 Å². The van der Waals surface area contributed by atoms with Crippen molar-refractivity contribution in [2.45, 2.75) is 6.42 Å². The molecule has 138 valence electrons. The van der Waals surface area contributed by atoms with Gasteiger partial charge in [0.15, 0.2) is 0 Å². The Hall–Kier alpha value is -2.92. The van der Waals surface area contributed by atoms with Crippen molar-refractivity contribution in [1.29, 1.82) is 0 Å². The Labute approximate surface area is 159 Å². The van der Waals surface area contributed by atoms with Crippen molar-refractivity contribution in [2.24, 2.45) is 0 Å². The van der Waals surface area contributed by atoms with E-state index in [2.05, 4.69) is 39.3 Å². The number of pyridine rings is 1. The van der Waals surface area contributed by atoms with Gasteiger partial charge in [-0.3, -0.25) is 9.78 Å². The van der Waals surface area contributed by atoms with Gasteiger partial charge in [0.2, 0.25) is 5.91 Å². The van der Waals surface area contributed by atoms with Crippen molar-refractivity contribution >= 4 is 28.2 Å². The van der Waals surface area contributed by atoms with Gasteiger partial charge in [0.25, 0.3) is 0 Å². The number of piperazine rings is 1. The maximum Gasteiger partial charge on any atom is 0.228 e. The number of nitrogens with zero attached hydrogens (tertiary/aromatic N) is 3. The zero-order valence-electron chi connectivity index (χ0n) is 15.6. The lowest BCUT2D eigenvalue weighted by Gasteiger charge is -2.34. The lowest BCUT2D eigenvalue weighted by Crippen LogP contribution is -2.44. The van der Waals surface area contributed by atoms with Crippen LogP contribution in [0, 0.1) is 0 Å². The summed E-state index contributed by atoms with van der Waals surface area (Å²) in [5.41, 5.74) is 3.87. The van der Waals surface area contributed by atoms with Crippen LogP contribution < -0.4 is 10.2 Å². The minimum absolute atomic E-state index is 0.0273. The normalized spacial score (nSPS) is 15.1. The molecule has 5 heteroatoms. The molecule has 1 aromatic heterocycles. The first-order valence-corrected chi connectivity index (χ1v) is 9.35. The Morgan fingerprint density at radius 2 is 1.74 bits per heavy atom. The largest absolute Gasteiger partial charge is 0.369 e. The second-order valence-corrected chi connectivity index (χ2v) is 7.05. The quantitative estimate of drug-likeness (QED) is 0.776. The number of para-hydroxylation sites is 1. The Kier molecular flexibility index (Phi) is 5.03. The Morgan fingerprint density at radius 1 is 1.00 bits per heavy atom. The summed E-state index contributed by atoms with van der Waals surface area (Å²) < 4.78 is 0. The highest BCUT2D eigenvalue weighted by atomic mass is 16.1. The molecule has 1 saturated heterocycles. The number of carbonyl (C=O) groups excluding carboxylic acids is 1. The second kappa shape index (κ2) is 7.76. The molecule has 0 atom stereocenters. The predicted octanol–water partition coefficient (Wildman–Crippen LogP) is 3.17. The fraction of sp³-hybridized carbons (Fsp3) is 0.273. The fourth-order valence-electron chi connectivity index (χ4n) is 3.51. The molecule has 3 aromatic rings. The van der Waals surface area contributed by atoms with Crippen LogP contribution in [0.1, 0.15) is 5.56 Å². The summed E-state index contributed by atoms with van der Waals surface area (Å²) in [6, 6.07) is 18.0. The first-order valence-electron chi connectivity index (χ1n) is 9.35. The number of aromatic nitrogens is 1. The molecule has 1 aliphatic rings. The molecular formula is C22H24N4O. The van der Waals surface area contributed by atoms with E-state index in [1.54, 1.807) is 6.20 Å². The molecule has 1 aliphatic heterocycles. The highest BCUT2D eigenvalue weighted by molar-refractivity contribution is 5.95. The lowest BCUT2D eigenvalue weighted by molar-refractivity contribution is -0.115. The summed E-state index contributed by atoms with van der Waals surface area (Å²) >= 11 is 0. The van der Waals surface area contributed by atoms with Gasteiger partial charge < -0.3 is 15.1 Å². The Bertz CT molecular complexity index is 925. The van der Waals surface area contributed by atoms with E-state index in [-0.39, 0.29) is 5.91 Å². The molecule has 0 radical (unpaired) electrons. The van der Waals surface area contributed by atoms with Crippen LogP contribution in [0.2, 0.25) is 0 Å². The molecule has 5 nitrogen and oxygen atoms in total. The van der Waals surface area contributed by atoms with Crippen LogP contribution in [0.15, 0.2) is 60.8 Å². The van der Waals surface area contributed by atoms with Crippen molar-refractivity contribution in [2.75, 3.05) is 43.4 Å². The van der Waals surface area contributed by atoms with Crippen molar-refractivity contribution < 1.29 is 4.79 Å². The molecule has 2 aromatic carbocycles. The third kappa shape index (κ3) is 4.09. The molecule has 0 bridgehead atoms. The summed E-state index contributed by atoms with van der Waals surface area (Å²) in [6.07, 6.45) is 2.08. The number of hydrogen-bond acceptors (Lipinski definition) is 4. The van der Waals surface area contributed by atoms with Crippen molar-refractivity contribution in [3.63, 3.8) is 0 Å². The van der Waals surface area contributed by atoms with Crippen LogP contribution in [0.3, 0.4) is 0 Å². The average Bonchev–Trinajstić information content (AvgIpc) is 2.69. The number of hydrogen-bond donors (Lipinski definition) is 1. The molecule has 1 amide bonds. The van der Waals surface area contributed by atoms with E-state index in [9.17, 15) is 4.79 Å². The number of fused-ring (bicyclic) bond motifs is 1. The van der Waals surface area contributed by atoms with E-state index < -0.39 is 0 Å². The van der Waals surface area contributed by atoms with E-state index in [1.807, 2.05) is 42.5 Å². The molecular weight excluding hydrogens is 336 g/mol. The number of carbonyl (C=O) groups is 1. The molecule has 4 rings (SSSR count). The summed E-state index contributed by atoms with van der Waals surface area (Å²) in [5.74, 6) is -0.0273. The smallest absolute Gasteiger partial charge is 0.228 e. The van der Waals surface area contributed by atoms with Gasteiger partial charge in [-0.1, -0.05) is 24.3 Å². The monoisotopic (exact) mass is 360 g/mol. The molecule has 1 N–H and O–H groups in total. The molecule has 1 fully saturated rings. The highest BCUT2D eigenvalue weighted by Crippen LogP contribution is 2.20. The van der Waals surface area contributed by atoms with E-state index in [4.69, 9.17) is 0 Å². The highest BCUT2D eigenvalue weighted by Gasteiger charge is 2.14. The van der Waals surface area contributed by atoms with Crippen LogP contribution in [0.5, 0.6) is 0 Å². The minimum atomic E-state index is -0.0273. The zero-order chi connectivity index (χ0) is 18.6. The summed E-state index contributed by atoms with van der Waals surface area (Å²) in [6.45, 7) is 4.24. The van der Waals surface area contributed by atoms with Gasteiger partial charge in [-0.15, -0.1) is 0 Å². The van der Waals surface area contributed by atoms with Crippen LogP contribution in [-0.4, -0.2) is 49.0 Å². The summed E-state index contributed by atoms with van der Waals surface area (Å²) in [4.78, 5) is 21.6. The van der Waals surface area contributed by atoms with E-state index in [0.717, 1.165) is 48.3 Å². The molecule has 0 spiro atoms. The Balaban J connectivity index is 1.41. The van der Waals surface area contributed by atoms with Crippen molar-refractivity contribution in [3.8, 4) is 0 Å². The van der Waals surface area contributed by atoms with Gasteiger partial charge in [-0.25, -0.2) is 0 Å². The molecule has 2 heterocycles. The predicted molar refractivity (Wildman–Crippen MR) is 110 cm³/mol. The van der Waals surface area contributed by atoms with Gasteiger partial charge in [-0.2, -0.15) is 0 Å². The van der Waals surface area contributed by atoms with E-state index in [0.29, 0.717) is 6.42 Å². The number of anilines is 2. The SMILES string of the molecule is CN1CCN(c2ccc(NC(=O)Cc3cccc4cccnc34)cc2)CC1. The van der Waals surface area contributed by atoms with Gasteiger partial charge >= 0.3 is 0 Å². The minimum Gasteiger partial charge on any atom is -0.369 e. The van der Waals surface area contributed by atoms with Crippen LogP contribution in [-0.2, 0) is 11.2 Å². The maximum atomic E-state index is 12.5. The van der Waals surface area contributed by atoms with Gasteiger partial charge in [0, 0.05) is 49.1 Å². The summed E-state index contributed by atoms with van der Waals surface area (Å²) in [5, 5.41) is 4.05. The van der Waals surface area contributed by atoms with Gasteiger partial charge in [0.1, 0.15) is 0 Å². The number of amides is 1. The Morgan fingerprint density at radius 3 is 2.52 bits per heavy atom. The first kappa shape index (κ1) is 17.5. The van der Waals surface area contributed by atoms with Crippen molar-refractivity contribution in [3.05, 3.63) is 66.4 Å². The fourth-order valence-corrected chi connectivity index (χ4v) is 3.51. The lowest BCUT2D eigenvalue weighted by atomic mass is 10.1. The number of nitrogens with one attached hydrogen (secondary N) is 1. The maximum absolute atomic E-state index is 12.5. The third-order valence-corrected chi connectivity index (χ3v) is 5.09. The first-order chi connectivity index (χ1) is 13.2. The summed E-state index contributed by atoms with van der Waals surface area (Å²) in [7, 11) is 2.15. The van der Waals surface area contributed by atoms with Crippen LogP contribution in [0.25, 0.3) is 10.9 Å². The van der Waals surface area contributed by atoms with Crippen LogP contribution >= 0.6 is 0 Å². The van der Waals surface area contributed by atoms with Crippen LogP contribution in [0.4, 0.5) is 11.4 Å². The molecule has 0 aliphatic carbocycles.